The summed E-state index contributed by atoms with van der Waals surface area (Å²) in [6, 6.07) is 20.2. The number of alkyl halides is 6. The van der Waals surface area contributed by atoms with Gasteiger partial charge in [-0.1, -0.05) is 42.5 Å². The highest BCUT2D eigenvalue weighted by atomic mass is 32.2. The van der Waals surface area contributed by atoms with Gasteiger partial charge in [-0.15, -0.1) is 0 Å². The van der Waals surface area contributed by atoms with E-state index in [4.69, 9.17) is 11.1 Å². The highest BCUT2D eigenvalue weighted by Gasteiger charge is 2.37. The third kappa shape index (κ3) is 7.28. The molecule has 4 N–H and O–H groups in total. The maximum absolute atomic E-state index is 13.6. The van der Waals surface area contributed by atoms with Crippen molar-refractivity contribution in [3.05, 3.63) is 125 Å². The van der Waals surface area contributed by atoms with Gasteiger partial charge in [-0.2, -0.15) is 26.3 Å². The van der Waals surface area contributed by atoms with Gasteiger partial charge in [0.1, 0.15) is 11.7 Å². The lowest BCUT2D eigenvalue weighted by Gasteiger charge is -2.16. The Balaban J connectivity index is 1.57. The lowest BCUT2D eigenvalue weighted by atomic mass is 10.0. The molecule has 45 heavy (non-hydrogen) atoms. The summed E-state index contributed by atoms with van der Waals surface area (Å²) in [6.07, 6.45) is -9.41. The van der Waals surface area contributed by atoms with Crippen LogP contribution in [-0.4, -0.2) is 23.8 Å². The average molecular weight is 646 g/mol. The number of hydrogen-bond acceptors (Lipinski definition) is 4. The van der Waals surface area contributed by atoms with Crippen molar-refractivity contribution in [2.45, 2.75) is 36.6 Å². The number of nitrogens with zero attached hydrogens (tertiary/aromatic N) is 2. The molecule has 1 heterocycles. The molecule has 0 spiro atoms. The zero-order chi connectivity index (χ0) is 32.6. The van der Waals surface area contributed by atoms with E-state index in [1.54, 1.807) is 42.5 Å². The number of hydrogen-bond donors (Lipinski definition) is 3. The summed E-state index contributed by atoms with van der Waals surface area (Å²) in [6.45, 7) is -0.406. The summed E-state index contributed by atoms with van der Waals surface area (Å²) in [5.74, 6) is 0.246. The molecule has 14 heteroatoms. The van der Waals surface area contributed by atoms with Gasteiger partial charge in [0.15, 0.2) is 0 Å². The Bertz CT molecular complexity index is 1940. The molecular weight excluding hydrogens is 620 g/mol. The van der Waals surface area contributed by atoms with Gasteiger partial charge in [0.2, 0.25) is 0 Å². The van der Waals surface area contributed by atoms with Gasteiger partial charge in [-0.05, 0) is 66.1 Å². The summed E-state index contributed by atoms with van der Waals surface area (Å²) >= 11 is 0. The van der Waals surface area contributed by atoms with Crippen LogP contribution in [0.15, 0.2) is 95.9 Å². The number of aryl methyl sites for hydroxylation is 2. The first kappa shape index (κ1) is 31.6. The zero-order valence-corrected chi connectivity index (χ0v) is 24.1. The highest BCUT2D eigenvalue weighted by molar-refractivity contribution is 7.92. The van der Waals surface area contributed by atoms with Crippen LogP contribution in [0.25, 0.3) is 11.0 Å². The number of rotatable bonds is 9. The highest BCUT2D eigenvalue weighted by Crippen LogP contribution is 2.37. The van der Waals surface area contributed by atoms with Crippen molar-refractivity contribution < 1.29 is 34.8 Å². The van der Waals surface area contributed by atoms with Crippen LogP contribution in [0, 0.1) is 5.41 Å². The van der Waals surface area contributed by atoms with Crippen LogP contribution in [-0.2, 0) is 41.8 Å². The Hall–Kier alpha value is -4.85. The van der Waals surface area contributed by atoms with E-state index < -0.39 is 40.0 Å². The van der Waals surface area contributed by atoms with E-state index in [-0.39, 0.29) is 34.5 Å². The molecule has 0 radical (unpaired) electrons. The number of sulfonamides is 1. The summed E-state index contributed by atoms with van der Waals surface area (Å²) in [5.41, 5.74) is 4.49. The number of halogens is 6. The van der Waals surface area contributed by atoms with Crippen molar-refractivity contribution in [3.63, 3.8) is 0 Å². The van der Waals surface area contributed by atoms with Crippen molar-refractivity contribution in [1.82, 2.24) is 9.55 Å². The number of anilines is 1. The van der Waals surface area contributed by atoms with E-state index in [0.29, 0.717) is 41.0 Å². The van der Waals surface area contributed by atoms with Gasteiger partial charge < -0.3 is 10.3 Å². The maximum Gasteiger partial charge on any atom is 0.416 e. The fraction of sp³-hybridized carbons (Fsp3) is 0.161. The number of imidazole rings is 1. The lowest BCUT2D eigenvalue weighted by molar-refractivity contribution is -0.143. The fourth-order valence-corrected chi connectivity index (χ4v) is 5.89. The second kappa shape index (κ2) is 11.9. The number of nitrogens with one attached hydrogen (secondary N) is 2. The number of nitrogen functional groups attached to an aromatic ring is 1. The fourth-order valence-electron chi connectivity index (χ4n) is 4.82. The Morgan fingerprint density at radius 3 is 2.00 bits per heavy atom. The number of aromatic nitrogens is 2. The molecule has 0 bridgehead atoms. The van der Waals surface area contributed by atoms with Crippen molar-refractivity contribution in [3.8, 4) is 0 Å². The first-order valence-electron chi connectivity index (χ1n) is 13.4. The lowest BCUT2D eigenvalue weighted by Crippen LogP contribution is -2.14. The van der Waals surface area contributed by atoms with E-state index in [9.17, 15) is 34.8 Å². The molecule has 0 atom stereocenters. The monoisotopic (exact) mass is 645 g/mol. The van der Waals surface area contributed by atoms with Crippen LogP contribution in [0.5, 0.6) is 0 Å². The SMILES string of the molecule is N=C(N)c1ccc(CCc2nc3ccc(NS(=O)(=O)c4ccccc4)cc3n2Cc2cc(C(F)(F)F)cc(C(F)(F)F)c2)cc1. The van der Waals surface area contributed by atoms with Crippen molar-refractivity contribution in [2.24, 2.45) is 5.73 Å². The quantitative estimate of drug-likeness (QED) is 0.0911. The number of amidine groups is 1. The minimum Gasteiger partial charge on any atom is -0.384 e. The molecule has 7 nitrogen and oxygen atoms in total. The first-order valence-corrected chi connectivity index (χ1v) is 14.9. The molecule has 0 aliphatic heterocycles. The van der Waals surface area contributed by atoms with E-state index >= 15 is 0 Å². The third-order valence-corrected chi connectivity index (χ3v) is 8.42. The van der Waals surface area contributed by atoms with Crippen LogP contribution >= 0.6 is 0 Å². The zero-order valence-electron chi connectivity index (χ0n) is 23.2. The Kier molecular flexibility index (Phi) is 8.36. The molecule has 5 aromatic rings. The summed E-state index contributed by atoms with van der Waals surface area (Å²) in [5, 5.41) is 7.55. The second-order valence-electron chi connectivity index (χ2n) is 10.3. The van der Waals surface area contributed by atoms with Crippen LogP contribution in [0.4, 0.5) is 32.0 Å². The standard InChI is InChI=1S/C31H25F6N5O2S/c32-30(33,34)22-14-20(15-23(16-22)31(35,36)37)18-42-27-17-24(41-45(43,44)25-4-2-1-3-5-25)11-12-26(27)40-28(42)13-8-19-6-9-21(10-7-19)29(38)39/h1-7,9-12,14-17,41H,8,13,18H2,(H3,38,39). The van der Waals surface area contributed by atoms with Gasteiger partial charge in [-0.3, -0.25) is 10.1 Å². The summed E-state index contributed by atoms with van der Waals surface area (Å²) in [7, 11) is -4.00. The Morgan fingerprint density at radius 2 is 1.42 bits per heavy atom. The molecule has 4 aromatic carbocycles. The van der Waals surface area contributed by atoms with Crippen LogP contribution in [0.3, 0.4) is 0 Å². The molecular formula is C31H25F6N5O2S. The van der Waals surface area contributed by atoms with E-state index in [1.165, 1.54) is 34.9 Å². The smallest absolute Gasteiger partial charge is 0.384 e. The number of benzene rings is 4. The topological polar surface area (TPSA) is 114 Å². The predicted molar refractivity (Wildman–Crippen MR) is 157 cm³/mol. The molecule has 0 fully saturated rings. The van der Waals surface area contributed by atoms with Gasteiger partial charge >= 0.3 is 12.4 Å². The normalized spacial score (nSPS) is 12.4. The molecule has 0 saturated carbocycles. The molecule has 0 aliphatic carbocycles. The molecule has 0 amide bonds. The minimum absolute atomic E-state index is 0.00118. The van der Waals surface area contributed by atoms with Crippen LogP contribution in [0.1, 0.15) is 33.6 Å². The van der Waals surface area contributed by atoms with Gasteiger partial charge in [-0.25, -0.2) is 13.4 Å². The van der Waals surface area contributed by atoms with Gasteiger partial charge in [0.05, 0.1) is 32.7 Å². The number of fused-ring (bicyclic) bond motifs is 1. The van der Waals surface area contributed by atoms with Gasteiger partial charge in [0, 0.05) is 18.5 Å². The van der Waals surface area contributed by atoms with Crippen molar-refractivity contribution in [2.75, 3.05) is 4.72 Å². The first-order chi connectivity index (χ1) is 21.1. The Morgan fingerprint density at radius 1 is 0.800 bits per heavy atom. The molecule has 0 saturated heterocycles. The molecule has 234 valence electrons. The third-order valence-electron chi connectivity index (χ3n) is 7.02. The van der Waals surface area contributed by atoms with Crippen LogP contribution in [0.2, 0.25) is 0 Å². The van der Waals surface area contributed by atoms with E-state index in [2.05, 4.69) is 9.71 Å². The van der Waals surface area contributed by atoms with Crippen LogP contribution < -0.4 is 10.5 Å². The molecule has 0 unspecified atom stereocenters. The predicted octanol–water partition coefficient (Wildman–Crippen LogP) is 6.99. The average Bonchev–Trinajstić information content (AvgIpc) is 3.31. The summed E-state index contributed by atoms with van der Waals surface area (Å²) in [4.78, 5) is 4.59. The maximum atomic E-state index is 13.6. The number of nitrogens with two attached hydrogens (primary N) is 1. The minimum atomic E-state index is -5.02. The molecule has 1 aromatic heterocycles. The van der Waals surface area contributed by atoms with Crippen molar-refractivity contribution in [1.29, 1.82) is 5.41 Å². The van der Waals surface area contributed by atoms with E-state index in [1.807, 2.05) is 0 Å². The second-order valence-corrected chi connectivity index (χ2v) is 11.9. The summed E-state index contributed by atoms with van der Waals surface area (Å²) < 4.78 is 111. The van der Waals surface area contributed by atoms with Crippen molar-refractivity contribution >= 4 is 32.6 Å². The Labute approximate surface area is 253 Å². The van der Waals surface area contributed by atoms with Gasteiger partial charge in [0.25, 0.3) is 10.0 Å². The van der Waals surface area contributed by atoms with E-state index in [0.717, 1.165) is 5.56 Å². The molecule has 5 rings (SSSR count). The largest absolute Gasteiger partial charge is 0.416 e. The molecule has 0 aliphatic rings.